The van der Waals surface area contributed by atoms with E-state index >= 15 is 0 Å². The predicted octanol–water partition coefficient (Wildman–Crippen LogP) is 1.64. The van der Waals surface area contributed by atoms with Crippen LogP contribution < -0.4 is 4.74 Å². The summed E-state index contributed by atoms with van der Waals surface area (Å²) < 4.78 is 5.00. The number of carbonyl (C=O) groups is 1. The lowest BCUT2D eigenvalue weighted by Crippen LogP contribution is -2.04. The Hall–Kier alpha value is -1.71. The lowest BCUT2D eigenvalue weighted by atomic mass is 10.0. The first kappa shape index (κ1) is 11.4. The molecule has 0 radical (unpaired) electrons. The van der Waals surface area contributed by atoms with Gasteiger partial charge in [-0.15, -0.1) is 0 Å². The summed E-state index contributed by atoms with van der Waals surface area (Å²) in [5, 5.41) is 18.5. The van der Waals surface area contributed by atoms with E-state index in [4.69, 9.17) is 9.84 Å². The number of aliphatic carboxylic acids is 1. The molecule has 0 amide bonds. The normalized spacial score (nSPS) is 10.1. The Labute approximate surface area is 88.1 Å². The van der Waals surface area contributed by atoms with E-state index in [1.807, 2.05) is 6.92 Å². The van der Waals surface area contributed by atoms with Crippen molar-refractivity contribution in [3.8, 4) is 11.5 Å². The van der Waals surface area contributed by atoms with Gasteiger partial charge in [-0.05, 0) is 25.0 Å². The molecule has 0 saturated heterocycles. The van der Waals surface area contributed by atoms with E-state index in [1.165, 1.54) is 7.11 Å². The number of phenolic OH excluding ortho intramolecular Hbond substituents is 1. The fourth-order valence-electron chi connectivity index (χ4n) is 1.47. The topological polar surface area (TPSA) is 66.8 Å². The maximum absolute atomic E-state index is 10.6. The van der Waals surface area contributed by atoms with Crippen LogP contribution in [0.1, 0.15) is 16.7 Å². The molecule has 1 aromatic carbocycles. The molecule has 0 aromatic heterocycles. The second kappa shape index (κ2) is 4.21. The van der Waals surface area contributed by atoms with Crippen LogP contribution in [0.25, 0.3) is 0 Å². The van der Waals surface area contributed by atoms with Crippen molar-refractivity contribution in [3.05, 3.63) is 22.8 Å². The monoisotopic (exact) mass is 210 g/mol. The van der Waals surface area contributed by atoms with Crippen LogP contribution in [0.2, 0.25) is 0 Å². The second-order valence-corrected chi connectivity index (χ2v) is 3.43. The molecule has 4 nitrogen and oxygen atoms in total. The van der Waals surface area contributed by atoms with E-state index in [-0.39, 0.29) is 17.9 Å². The van der Waals surface area contributed by atoms with E-state index in [1.54, 1.807) is 13.0 Å². The number of aryl methyl sites for hydroxylation is 1. The standard InChI is InChI=1S/C11H14O4/c1-6-4-8(5-9(12)13)11(15-3)10(14)7(6)2/h4,14H,5H2,1-3H3,(H,12,13). The molecule has 0 aliphatic heterocycles. The van der Waals surface area contributed by atoms with Gasteiger partial charge in [-0.1, -0.05) is 6.07 Å². The van der Waals surface area contributed by atoms with E-state index in [2.05, 4.69) is 0 Å². The van der Waals surface area contributed by atoms with Crippen LogP contribution in [0.3, 0.4) is 0 Å². The van der Waals surface area contributed by atoms with E-state index in [9.17, 15) is 9.90 Å². The van der Waals surface area contributed by atoms with Gasteiger partial charge in [-0.25, -0.2) is 0 Å². The number of benzene rings is 1. The second-order valence-electron chi connectivity index (χ2n) is 3.43. The van der Waals surface area contributed by atoms with E-state index in [0.29, 0.717) is 11.1 Å². The average molecular weight is 210 g/mol. The lowest BCUT2D eigenvalue weighted by molar-refractivity contribution is -0.136. The minimum Gasteiger partial charge on any atom is -0.504 e. The summed E-state index contributed by atoms with van der Waals surface area (Å²) in [5.41, 5.74) is 2.05. The van der Waals surface area contributed by atoms with Gasteiger partial charge in [0.2, 0.25) is 0 Å². The molecule has 0 saturated carbocycles. The SMILES string of the molecule is COc1c(CC(=O)O)cc(C)c(C)c1O. The third-order valence-electron chi connectivity index (χ3n) is 2.39. The zero-order chi connectivity index (χ0) is 11.6. The van der Waals surface area contributed by atoms with Crippen molar-refractivity contribution in [1.29, 1.82) is 0 Å². The summed E-state index contributed by atoms with van der Waals surface area (Å²) in [4.78, 5) is 10.6. The molecule has 4 heteroatoms. The Morgan fingerprint density at radius 3 is 2.53 bits per heavy atom. The van der Waals surface area contributed by atoms with Crippen LogP contribution in [0.4, 0.5) is 0 Å². The number of carboxylic acids is 1. The van der Waals surface area contributed by atoms with Crippen molar-refractivity contribution in [2.45, 2.75) is 20.3 Å². The molecule has 0 atom stereocenters. The molecule has 1 rings (SSSR count). The first-order valence-corrected chi connectivity index (χ1v) is 4.55. The smallest absolute Gasteiger partial charge is 0.307 e. The largest absolute Gasteiger partial charge is 0.504 e. The average Bonchev–Trinajstić information content (AvgIpc) is 2.14. The van der Waals surface area contributed by atoms with Crippen LogP contribution >= 0.6 is 0 Å². The summed E-state index contributed by atoms with van der Waals surface area (Å²) in [7, 11) is 1.41. The van der Waals surface area contributed by atoms with Gasteiger partial charge in [0.05, 0.1) is 13.5 Å². The highest BCUT2D eigenvalue weighted by Gasteiger charge is 2.15. The van der Waals surface area contributed by atoms with E-state index in [0.717, 1.165) is 5.56 Å². The third kappa shape index (κ3) is 2.21. The summed E-state index contributed by atoms with van der Waals surface area (Å²) in [5.74, 6) is -0.676. The molecule has 0 heterocycles. The van der Waals surface area contributed by atoms with Gasteiger partial charge in [-0.3, -0.25) is 4.79 Å². The van der Waals surface area contributed by atoms with Crippen LogP contribution in [0.15, 0.2) is 6.07 Å². The molecule has 0 bridgehead atoms. The summed E-state index contributed by atoms with van der Waals surface area (Å²) in [6.45, 7) is 3.58. The molecule has 0 spiro atoms. The molecule has 0 aliphatic rings. The highest BCUT2D eigenvalue weighted by Crippen LogP contribution is 2.35. The van der Waals surface area contributed by atoms with E-state index < -0.39 is 5.97 Å². The van der Waals surface area contributed by atoms with Gasteiger partial charge in [0.15, 0.2) is 11.5 Å². The molecule has 82 valence electrons. The fraction of sp³-hybridized carbons (Fsp3) is 0.364. The summed E-state index contributed by atoms with van der Waals surface area (Å²) in [6.07, 6.45) is -0.155. The maximum Gasteiger partial charge on any atom is 0.307 e. The lowest BCUT2D eigenvalue weighted by Gasteiger charge is -2.13. The number of phenols is 1. The Kier molecular flexibility index (Phi) is 3.19. The Morgan fingerprint density at radius 1 is 1.47 bits per heavy atom. The van der Waals surface area contributed by atoms with Gasteiger partial charge < -0.3 is 14.9 Å². The zero-order valence-electron chi connectivity index (χ0n) is 9.00. The third-order valence-corrected chi connectivity index (χ3v) is 2.39. The Morgan fingerprint density at radius 2 is 2.07 bits per heavy atom. The van der Waals surface area contributed by atoms with Gasteiger partial charge in [0.1, 0.15) is 0 Å². The molecule has 1 aromatic rings. The number of hydrogen-bond donors (Lipinski definition) is 2. The van der Waals surface area contributed by atoms with Crippen LogP contribution in [0.5, 0.6) is 11.5 Å². The first-order valence-electron chi connectivity index (χ1n) is 4.55. The highest BCUT2D eigenvalue weighted by atomic mass is 16.5. The van der Waals surface area contributed by atoms with Crippen LogP contribution in [0, 0.1) is 13.8 Å². The molecular weight excluding hydrogens is 196 g/mol. The molecule has 0 unspecified atom stereocenters. The van der Waals surface area contributed by atoms with Gasteiger partial charge in [0.25, 0.3) is 0 Å². The first-order chi connectivity index (χ1) is 6.97. The number of hydrogen-bond acceptors (Lipinski definition) is 3. The van der Waals surface area contributed by atoms with Crippen molar-refractivity contribution in [2.24, 2.45) is 0 Å². The van der Waals surface area contributed by atoms with Crippen LogP contribution in [-0.4, -0.2) is 23.3 Å². The number of aromatic hydroxyl groups is 1. The van der Waals surface area contributed by atoms with Crippen LogP contribution in [-0.2, 0) is 11.2 Å². The number of carboxylic acid groups (broad SMARTS) is 1. The van der Waals surface area contributed by atoms with Crippen molar-refractivity contribution in [3.63, 3.8) is 0 Å². The minimum absolute atomic E-state index is 0.0220. The van der Waals surface area contributed by atoms with Gasteiger partial charge >= 0.3 is 5.97 Å². The van der Waals surface area contributed by atoms with Gasteiger partial charge in [-0.2, -0.15) is 0 Å². The molecule has 0 fully saturated rings. The molecule has 15 heavy (non-hydrogen) atoms. The molecule has 2 N–H and O–H groups in total. The number of rotatable bonds is 3. The molecular formula is C11H14O4. The molecule has 0 aliphatic carbocycles. The summed E-state index contributed by atoms with van der Waals surface area (Å²) in [6, 6.07) is 1.72. The van der Waals surface area contributed by atoms with Crippen molar-refractivity contribution < 1.29 is 19.7 Å². The van der Waals surface area contributed by atoms with Crippen molar-refractivity contribution in [1.82, 2.24) is 0 Å². The zero-order valence-corrected chi connectivity index (χ0v) is 9.00. The Bertz CT molecular complexity index is 396. The predicted molar refractivity (Wildman–Crippen MR) is 55.5 cm³/mol. The maximum atomic E-state index is 10.6. The number of methoxy groups -OCH3 is 1. The Balaban J connectivity index is 3.31. The fourth-order valence-corrected chi connectivity index (χ4v) is 1.47. The summed E-state index contributed by atoms with van der Waals surface area (Å²) >= 11 is 0. The number of ether oxygens (including phenoxy) is 1. The van der Waals surface area contributed by atoms with Crippen molar-refractivity contribution in [2.75, 3.05) is 7.11 Å². The minimum atomic E-state index is -0.948. The highest BCUT2D eigenvalue weighted by molar-refractivity contribution is 5.72. The quantitative estimate of drug-likeness (QED) is 0.796. The van der Waals surface area contributed by atoms with Gasteiger partial charge in [0, 0.05) is 5.56 Å². The van der Waals surface area contributed by atoms with Crippen molar-refractivity contribution >= 4 is 5.97 Å².